The molecule has 0 radical (unpaired) electrons. The number of H-pyrrole nitrogens is 1. The van der Waals surface area contributed by atoms with Gasteiger partial charge in [0.15, 0.2) is 16.9 Å². The maximum Gasteiger partial charge on any atom is 0.278 e. The third-order valence-electron chi connectivity index (χ3n) is 5.84. The fraction of sp³-hybridized carbons (Fsp3) is 0.688. The molecule has 29 heavy (non-hydrogen) atoms. The van der Waals surface area contributed by atoms with E-state index >= 15 is 0 Å². The van der Waals surface area contributed by atoms with Crippen molar-refractivity contribution in [3.63, 3.8) is 0 Å². The van der Waals surface area contributed by atoms with E-state index in [9.17, 15) is 30.3 Å². The number of imidazole rings is 1. The van der Waals surface area contributed by atoms with Gasteiger partial charge in [-0.05, 0) is 6.92 Å². The van der Waals surface area contributed by atoms with Crippen LogP contribution in [-0.2, 0) is 15.2 Å². The number of nitrogens with zero attached hydrogens (tertiary/aromatic N) is 3. The van der Waals surface area contributed by atoms with Crippen LogP contribution in [0.25, 0.3) is 11.2 Å². The highest BCUT2D eigenvalue weighted by molar-refractivity contribution is 7.82. The summed E-state index contributed by atoms with van der Waals surface area (Å²) in [6.07, 6.45) is -5.98. The lowest BCUT2D eigenvalue weighted by Crippen LogP contribution is -2.68. The van der Waals surface area contributed by atoms with Crippen LogP contribution in [0.4, 0.5) is 0 Å². The molecule has 13 heteroatoms. The molecule has 0 aromatic carbocycles. The van der Waals surface area contributed by atoms with E-state index < -0.39 is 59.3 Å². The highest BCUT2D eigenvalue weighted by Gasteiger charge is 2.69. The SMILES string of the molecule is C[C@@]1(n2cnc3c(=O)[nH]cnc32)O[C@H](CO)[C@@H](O)[C@]1(S)C1OC[C@@H](O)[C@H](O)[C@H]1O. The largest absolute Gasteiger partial charge is 0.394 e. The maximum absolute atomic E-state index is 12.0. The van der Waals surface area contributed by atoms with Gasteiger partial charge in [0.25, 0.3) is 5.56 Å². The molecular weight excluding hydrogens is 408 g/mol. The van der Waals surface area contributed by atoms with Crippen LogP contribution in [0.5, 0.6) is 0 Å². The molecule has 8 atom stereocenters. The molecule has 2 aliphatic heterocycles. The second-order valence-electron chi connectivity index (χ2n) is 7.41. The van der Waals surface area contributed by atoms with E-state index in [-0.39, 0.29) is 17.8 Å². The Hall–Kier alpha value is -1.58. The van der Waals surface area contributed by atoms with Gasteiger partial charge in [0.2, 0.25) is 0 Å². The van der Waals surface area contributed by atoms with Gasteiger partial charge in [0.05, 0.1) is 25.9 Å². The second kappa shape index (κ2) is 6.99. The first kappa shape index (κ1) is 20.7. The van der Waals surface area contributed by atoms with Crippen molar-refractivity contribution in [1.82, 2.24) is 19.5 Å². The predicted octanol–water partition coefficient (Wildman–Crippen LogP) is -3.31. The lowest BCUT2D eigenvalue weighted by Gasteiger charge is -2.49. The molecule has 1 unspecified atom stereocenters. The molecule has 0 amide bonds. The summed E-state index contributed by atoms with van der Waals surface area (Å²) in [6, 6.07) is 0. The Balaban J connectivity index is 1.90. The molecule has 2 aromatic rings. The highest BCUT2D eigenvalue weighted by Crippen LogP contribution is 2.52. The molecular formula is C16H22N4O8S. The number of aliphatic hydroxyl groups excluding tert-OH is 5. The fourth-order valence-corrected chi connectivity index (χ4v) is 4.74. The Morgan fingerprint density at radius 1 is 1.31 bits per heavy atom. The lowest BCUT2D eigenvalue weighted by atomic mass is 9.80. The van der Waals surface area contributed by atoms with E-state index in [1.54, 1.807) is 0 Å². The second-order valence-corrected chi connectivity index (χ2v) is 8.15. The molecule has 0 bridgehead atoms. The molecule has 2 aliphatic rings. The fourth-order valence-electron chi connectivity index (χ4n) is 4.18. The summed E-state index contributed by atoms with van der Waals surface area (Å²) in [5, 5.41) is 51.2. The van der Waals surface area contributed by atoms with E-state index in [0.29, 0.717) is 0 Å². The monoisotopic (exact) mass is 430 g/mol. The molecule has 2 aromatic heterocycles. The number of aromatic amines is 1. The third kappa shape index (κ3) is 2.70. The molecule has 0 saturated carbocycles. The van der Waals surface area contributed by atoms with Gasteiger partial charge in [-0.25, -0.2) is 9.97 Å². The van der Waals surface area contributed by atoms with Crippen LogP contribution in [0.3, 0.4) is 0 Å². The molecule has 2 fully saturated rings. The summed E-state index contributed by atoms with van der Waals surface area (Å²) in [4.78, 5) is 22.6. The quantitative estimate of drug-likeness (QED) is 0.243. The zero-order chi connectivity index (χ0) is 21.1. The molecule has 160 valence electrons. The molecule has 12 nitrogen and oxygen atoms in total. The number of rotatable bonds is 3. The Morgan fingerprint density at radius 3 is 2.72 bits per heavy atom. The molecule has 0 spiro atoms. The molecule has 4 rings (SSSR count). The van der Waals surface area contributed by atoms with E-state index in [2.05, 4.69) is 27.6 Å². The Bertz CT molecular complexity index is 970. The number of aliphatic hydroxyl groups is 5. The number of hydrogen-bond acceptors (Lipinski definition) is 11. The first-order valence-corrected chi connectivity index (χ1v) is 9.37. The zero-order valence-corrected chi connectivity index (χ0v) is 16.2. The Kier molecular flexibility index (Phi) is 4.99. The number of aromatic nitrogens is 4. The maximum atomic E-state index is 12.0. The van der Waals surface area contributed by atoms with Crippen molar-refractivity contribution in [2.75, 3.05) is 13.2 Å². The summed E-state index contributed by atoms with van der Waals surface area (Å²) >= 11 is 4.65. The minimum atomic E-state index is -1.75. The molecule has 4 heterocycles. The summed E-state index contributed by atoms with van der Waals surface area (Å²) in [5.74, 6) is 0. The van der Waals surface area contributed by atoms with Gasteiger partial charge in [-0.3, -0.25) is 9.36 Å². The van der Waals surface area contributed by atoms with Gasteiger partial charge in [-0.1, -0.05) is 0 Å². The number of hydrogen-bond donors (Lipinski definition) is 7. The van der Waals surface area contributed by atoms with Crippen LogP contribution in [-0.4, -0.2) is 99.6 Å². The Labute approximate surface area is 169 Å². The van der Waals surface area contributed by atoms with E-state index in [1.165, 1.54) is 24.1 Å². The van der Waals surface area contributed by atoms with Gasteiger partial charge >= 0.3 is 0 Å². The molecule has 2 saturated heterocycles. The van der Waals surface area contributed by atoms with Crippen molar-refractivity contribution in [2.24, 2.45) is 0 Å². The zero-order valence-electron chi connectivity index (χ0n) is 15.3. The van der Waals surface area contributed by atoms with Crippen molar-refractivity contribution < 1.29 is 35.0 Å². The smallest absolute Gasteiger partial charge is 0.278 e. The number of thiol groups is 1. The van der Waals surface area contributed by atoms with Crippen molar-refractivity contribution >= 4 is 23.8 Å². The molecule has 6 N–H and O–H groups in total. The minimum absolute atomic E-state index is 0.00974. The average molecular weight is 430 g/mol. The lowest BCUT2D eigenvalue weighted by molar-refractivity contribution is -0.217. The van der Waals surface area contributed by atoms with Gasteiger partial charge in [-0.15, -0.1) is 0 Å². The third-order valence-corrected chi connectivity index (χ3v) is 6.78. The first-order valence-electron chi connectivity index (χ1n) is 8.93. The van der Waals surface area contributed by atoms with Crippen molar-refractivity contribution in [3.8, 4) is 0 Å². The normalized spacial score (nSPS) is 43.1. The number of ether oxygens (including phenoxy) is 2. The summed E-state index contributed by atoms with van der Waals surface area (Å²) < 4.78 is 11.1. The van der Waals surface area contributed by atoms with Crippen molar-refractivity contribution in [3.05, 3.63) is 23.0 Å². The van der Waals surface area contributed by atoms with E-state index in [0.717, 1.165) is 0 Å². The molecule has 0 aliphatic carbocycles. The van der Waals surface area contributed by atoms with Gasteiger partial charge in [0.1, 0.15) is 41.4 Å². The average Bonchev–Trinajstić information content (AvgIpc) is 3.22. The van der Waals surface area contributed by atoms with Gasteiger partial charge < -0.3 is 40.0 Å². The topological polar surface area (TPSA) is 183 Å². The number of fused-ring (bicyclic) bond motifs is 1. The summed E-state index contributed by atoms with van der Waals surface area (Å²) in [7, 11) is 0. The van der Waals surface area contributed by atoms with Crippen molar-refractivity contribution in [2.45, 2.75) is 54.0 Å². The minimum Gasteiger partial charge on any atom is -0.394 e. The van der Waals surface area contributed by atoms with Crippen LogP contribution in [0.15, 0.2) is 17.4 Å². The van der Waals surface area contributed by atoms with Crippen molar-refractivity contribution in [1.29, 1.82) is 0 Å². The van der Waals surface area contributed by atoms with E-state index in [4.69, 9.17) is 9.47 Å². The van der Waals surface area contributed by atoms with Crippen LogP contribution < -0.4 is 5.56 Å². The summed E-state index contributed by atoms with van der Waals surface area (Å²) in [5.41, 5.74) is -2.00. The Morgan fingerprint density at radius 2 is 2.03 bits per heavy atom. The van der Waals surface area contributed by atoms with Crippen LogP contribution >= 0.6 is 12.6 Å². The first-order chi connectivity index (χ1) is 13.7. The van der Waals surface area contributed by atoms with E-state index in [1.807, 2.05) is 0 Å². The number of nitrogens with one attached hydrogen (secondary N) is 1. The van der Waals surface area contributed by atoms with Crippen LogP contribution in [0.1, 0.15) is 6.92 Å². The summed E-state index contributed by atoms with van der Waals surface area (Å²) in [6.45, 7) is 0.616. The highest BCUT2D eigenvalue weighted by atomic mass is 32.1. The van der Waals surface area contributed by atoms with Gasteiger partial charge in [-0.2, -0.15) is 12.6 Å². The standard InChI is InChI=1S/C16H22N4O8S/c1-15(20-5-19-8-13(20)17-4-18-14(8)26)16(29,11(25)7(2-21)28-15)12-10(24)9(23)6(22)3-27-12/h4-7,9-12,21-25,29H,2-3H2,1H3,(H,17,18,26)/t6-,7-,9+,10-,11-,12?,15-,16+/m1/s1. The van der Waals surface area contributed by atoms with Crippen LogP contribution in [0, 0.1) is 0 Å². The van der Waals surface area contributed by atoms with Gasteiger partial charge in [0, 0.05) is 0 Å². The van der Waals surface area contributed by atoms with Crippen LogP contribution in [0.2, 0.25) is 0 Å². The predicted molar refractivity (Wildman–Crippen MR) is 99.2 cm³/mol.